The van der Waals surface area contributed by atoms with Crippen LogP contribution in [0.25, 0.3) is 6.08 Å². The van der Waals surface area contributed by atoms with Crippen LogP contribution in [0, 0.1) is 0 Å². The van der Waals surface area contributed by atoms with Crippen molar-refractivity contribution < 1.29 is 28.6 Å². The van der Waals surface area contributed by atoms with E-state index in [1.807, 2.05) is 38.1 Å². The zero-order chi connectivity index (χ0) is 25.1. The highest BCUT2D eigenvalue weighted by Crippen LogP contribution is 2.26. The van der Waals surface area contributed by atoms with Gasteiger partial charge in [-0.25, -0.2) is 9.59 Å². The van der Waals surface area contributed by atoms with Crippen LogP contribution in [0.1, 0.15) is 67.6 Å². The maximum absolute atomic E-state index is 12.8. The predicted molar refractivity (Wildman–Crippen MR) is 129 cm³/mol. The summed E-state index contributed by atoms with van der Waals surface area (Å²) in [5.41, 5.74) is -0.229. The zero-order valence-corrected chi connectivity index (χ0v) is 19.9. The largest absolute Gasteiger partial charge is 0.507 e. The summed E-state index contributed by atoms with van der Waals surface area (Å²) in [6.07, 6.45) is 6.35. The molecule has 182 valence electrons. The number of hydrogen-bond donors (Lipinski definition) is 2. The van der Waals surface area contributed by atoms with E-state index in [2.05, 4.69) is 10.1 Å². The summed E-state index contributed by atoms with van der Waals surface area (Å²) in [5.74, 6) is -0.204. The van der Waals surface area contributed by atoms with Crippen LogP contribution in [-0.2, 0) is 4.74 Å². The third-order valence-electron chi connectivity index (χ3n) is 5.03. The van der Waals surface area contributed by atoms with Crippen molar-refractivity contribution in [2.75, 3.05) is 13.7 Å². The van der Waals surface area contributed by atoms with Crippen molar-refractivity contribution in [3.05, 3.63) is 75.5 Å². The highest BCUT2D eigenvalue weighted by molar-refractivity contribution is 6.12. The molecule has 0 bridgehead atoms. The first-order chi connectivity index (χ1) is 16.3. The van der Waals surface area contributed by atoms with Gasteiger partial charge in [0.1, 0.15) is 22.8 Å². The fraction of sp³-hybridized carbons (Fsp3) is 0.346. The van der Waals surface area contributed by atoms with Crippen LogP contribution in [0.2, 0.25) is 0 Å². The van der Waals surface area contributed by atoms with Crippen molar-refractivity contribution in [1.82, 2.24) is 5.32 Å². The van der Waals surface area contributed by atoms with Crippen LogP contribution < -0.4 is 15.7 Å². The molecular weight excluding hydrogens is 438 g/mol. The molecule has 2 rings (SSSR count). The lowest BCUT2D eigenvalue weighted by Gasteiger charge is -2.11. The Morgan fingerprint density at radius 3 is 2.56 bits per heavy atom. The van der Waals surface area contributed by atoms with Gasteiger partial charge in [-0.1, -0.05) is 32.1 Å². The lowest BCUT2D eigenvalue weighted by molar-refractivity contribution is 0.102. The van der Waals surface area contributed by atoms with E-state index in [0.29, 0.717) is 19.4 Å². The third-order valence-corrected chi connectivity index (χ3v) is 5.03. The van der Waals surface area contributed by atoms with Gasteiger partial charge < -0.3 is 19.0 Å². The van der Waals surface area contributed by atoms with E-state index in [0.717, 1.165) is 17.7 Å². The van der Waals surface area contributed by atoms with Crippen LogP contribution in [0.15, 0.2) is 57.4 Å². The molecule has 0 aliphatic carbocycles. The van der Waals surface area contributed by atoms with E-state index < -0.39 is 28.8 Å². The number of carbonyl (C=O) groups is 2. The van der Waals surface area contributed by atoms with E-state index in [1.165, 1.54) is 19.4 Å². The number of aromatic hydroxyl groups is 1. The number of Topliss-reactive ketones (excluding diaryl/α,β-unsaturated/α-hetero) is 1. The first kappa shape index (κ1) is 26.4. The van der Waals surface area contributed by atoms with E-state index in [-0.39, 0.29) is 17.3 Å². The topological polar surface area (TPSA) is 115 Å². The van der Waals surface area contributed by atoms with Gasteiger partial charge in [-0.15, -0.1) is 0 Å². The van der Waals surface area contributed by atoms with E-state index >= 15 is 0 Å². The van der Waals surface area contributed by atoms with Gasteiger partial charge >= 0.3 is 11.7 Å². The Kier molecular flexibility index (Phi) is 10.1. The molecule has 0 fully saturated rings. The first-order valence-electron chi connectivity index (χ1n) is 11.1. The Morgan fingerprint density at radius 1 is 1.24 bits per heavy atom. The summed E-state index contributed by atoms with van der Waals surface area (Å²) < 4.78 is 15.3. The van der Waals surface area contributed by atoms with Crippen molar-refractivity contribution in [1.29, 1.82) is 0 Å². The molecule has 0 aliphatic heterocycles. The summed E-state index contributed by atoms with van der Waals surface area (Å²) in [6.45, 7) is 6.06. The fourth-order valence-corrected chi connectivity index (χ4v) is 3.10. The molecule has 1 amide bonds. The van der Waals surface area contributed by atoms with Crippen LogP contribution in [-0.4, -0.2) is 30.7 Å². The minimum Gasteiger partial charge on any atom is -0.507 e. The zero-order valence-electron chi connectivity index (χ0n) is 19.9. The Bertz CT molecular complexity index is 1100. The van der Waals surface area contributed by atoms with Crippen LogP contribution >= 0.6 is 0 Å². The van der Waals surface area contributed by atoms with Crippen LogP contribution in [0.4, 0.5) is 4.79 Å². The van der Waals surface area contributed by atoms with Crippen molar-refractivity contribution >= 4 is 18.0 Å². The molecule has 0 saturated carbocycles. The van der Waals surface area contributed by atoms with Gasteiger partial charge in [0.15, 0.2) is 5.78 Å². The molecule has 2 N–H and O–H groups in total. The SMILES string of the molecule is CCCOc1ccc(/C=C(\C)C(=O)c2c(O)cc(C(C)CC/C=C/NC(=O)OC)oc2=O)cc1. The van der Waals surface area contributed by atoms with Crippen LogP contribution in [0.3, 0.4) is 0 Å². The maximum atomic E-state index is 12.8. The quantitative estimate of drug-likeness (QED) is 0.344. The van der Waals surface area contributed by atoms with Gasteiger partial charge in [0.25, 0.3) is 0 Å². The number of rotatable bonds is 11. The number of carbonyl (C=O) groups excluding carboxylic acids is 2. The lowest BCUT2D eigenvalue weighted by Crippen LogP contribution is -2.16. The number of amides is 1. The second-order valence-corrected chi connectivity index (χ2v) is 7.79. The van der Waals surface area contributed by atoms with Gasteiger partial charge in [-0.2, -0.15) is 0 Å². The van der Waals surface area contributed by atoms with E-state index in [4.69, 9.17) is 9.15 Å². The normalized spacial score (nSPS) is 12.4. The maximum Gasteiger partial charge on any atom is 0.410 e. The van der Waals surface area contributed by atoms with Crippen molar-refractivity contribution in [2.24, 2.45) is 0 Å². The molecule has 0 spiro atoms. The minimum absolute atomic E-state index is 0.199. The smallest absolute Gasteiger partial charge is 0.410 e. The summed E-state index contributed by atoms with van der Waals surface area (Å²) in [6, 6.07) is 8.54. The minimum atomic E-state index is -0.884. The van der Waals surface area contributed by atoms with Crippen molar-refractivity contribution in [3.8, 4) is 11.5 Å². The molecule has 1 atom stereocenters. The molecule has 8 nitrogen and oxygen atoms in total. The third kappa shape index (κ3) is 7.65. The number of alkyl carbamates (subject to hydrolysis) is 1. The standard InChI is InChI=1S/C26H31NO7/c1-5-14-33-20-11-9-19(10-12-20)15-18(3)24(29)23-21(28)16-22(34-25(23)30)17(2)8-6-7-13-27-26(31)32-4/h7,9-13,15-17,28H,5-6,8,14H2,1-4H3,(H,27,31)/b13-7+,18-15+. The highest BCUT2D eigenvalue weighted by Gasteiger charge is 2.22. The van der Waals surface area contributed by atoms with Gasteiger partial charge in [0.05, 0.1) is 13.7 Å². The highest BCUT2D eigenvalue weighted by atomic mass is 16.5. The lowest BCUT2D eigenvalue weighted by atomic mass is 9.99. The van der Waals surface area contributed by atoms with Gasteiger partial charge in [-0.3, -0.25) is 10.1 Å². The predicted octanol–water partition coefficient (Wildman–Crippen LogP) is 5.17. The first-order valence-corrected chi connectivity index (χ1v) is 11.1. The second kappa shape index (κ2) is 13.0. The van der Waals surface area contributed by atoms with E-state index in [9.17, 15) is 19.5 Å². The molecule has 0 saturated heterocycles. The number of allylic oxidation sites excluding steroid dienone is 2. The molecule has 1 aromatic heterocycles. The molecular formula is C26H31NO7. The van der Waals surface area contributed by atoms with Gasteiger partial charge in [-0.05, 0) is 55.5 Å². The summed E-state index contributed by atoms with van der Waals surface area (Å²) in [7, 11) is 1.27. The monoisotopic (exact) mass is 469 g/mol. The molecule has 2 aromatic rings. The molecule has 1 unspecified atom stereocenters. The summed E-state index contributed by atoms with van der Waals surface area (Å²) in [5, 5.41) is 12.8. The van der Waals surface area contributed by atoms with Crippen molar-refractivity contribution in [3.63, 3.8) is 0 Å². The number of nitrogens with one attached hydrogen (secondary N) is 1. The Labute approximate surface area is 198 Å². The number of ether oxygens (including phenoxy) is 2. The molecule has 1 aromatic carbocycles. The van der Waals surface area contributed by atoms with E-state index in [1.54, 1.807) is 19.1 Å². The number of methoxy groups -OCH3 is 1. The molecule has 8 heteroatoms. The number of benzene rings is 1. The average molecular weight is 470 g/mol. The Hall–Kier alpha value is -3.81. The molecule has 34 heavy (non-hydrogen) atoms. The second-order valence-electron chi connectivity index (χ2n) is 7.79. The average Bonchev–Trinajstić information content (AvgIpc) is 2.82. The number of hydrogen-bond acceptors (Lipinski definition) is 7. The molecule has 1 heterocycles. The Morgan fingerprint density at radius 2 is 1.94 bits per heavy atom. The van der Waals surface area contributed by atoms with Gasteiger partial charge in [0.2, 0.25) is 0 Å². The number of ketones is 1. The van der Waals surface area contributed by atoms with Gasteiger partial charge in [0, 0.05) is 18.2 Å². The summed E-state index contributed by atoms with van der Waals surface area (Å²) in [4.78, 5) is 36.4. The molecule has 0 radical (unpaired) electrons. The Balaban J connectivity index is 2.09. The van der Waals surface area contributed by atoms with Crippen LogP contribution in [0.5, 0.6) is 11.5 Å². The summed E-state index contributed by atoms with van der Waals surface area (Å²) >= 11 is 0. The molecule has 0 aliphatic rings. The van der Waals surface area contributed by atoms with Crippen molar-refractivity contribution in [2.45, 2.75) is 46.0 Å². The fourth-order valence-electron chi connectivity index (χ4n) is 3.10.